The fourth-order valence-corrected chi connectivity index (χ4v) is 2.81. The molecule has 0 unspecified atom stereocenters. The van der Waals surface area contributed by atoms with Crippen molar-refractivity contribution in [2.45, 2.75) is 33.3 Å². The number of hydrogen-bond donors (Lipinski definition) is 1. The number of hydrogen-bond acceptors (Lipinski definition) is 1. The van der Waals surface area contributed by atoms with E-state index in [1.165, 1.54) is 12.0 Å². The van der Waals surface area contributed by atoms with Gasteiger partial charge in [-0.05, 0) is 30.6 Å². The summed E-state index contributed by atoms with van der Waals surface area (Å²) in [6, 6.07) is 0. The zero-order valence-corrected chi connectivity index (χ0v) is 7.46. The maximum absolute atomic E-state index is 9.65. The zero-order valence-electron chi connectivity index (χ0n) is 7.46. The van der Waals surface area contributed by atoms with Crippen LogP contribution in [-0.4, -0.2) is 11.2 Å². The van der Waals surface area contributed by atoms with Crippen LogP contribution in [0.1, 0.15) is 27.2 Å². The van der Waals surface area contributed by atoms with Crippen molar-refractivity contribution < 1.29 is 5.11 Å². The number of aliphatic hydroxyl groups excluding tert-OH is 1. The van der Waals surface area contributed by atoms with Crippen molar-refractivity contribution in [2.24, 2.45) is 17.3 Å². The predicted octanol–water partition coefficient (Wildman–Crippen LogP) is 1.97. The highest BCUT2D eigenvalue weighted by atomic mass is 16.3. The molecule has 0 radical (unpaired) electrons. The van der Waals surface area contributed by atoms with Gasteiger partial charge in [-0.25, -0.2) is 0 Å². The van der Waals surface area contributed by atoms with Crippen LogP contribution in [0.2, 0.25) is 0 Å². The maximum atomic E-state index is 9.65. The van der Waals surface area contributed by atoms with Crippen LogP contribution in [0.5, 0.6) is 0 Å². The van der Waals surface area contributed by atoms with E-state index in [0.29, 0.717) is 11.3 Å². The van der Waals surface area contributed by atoms with Gasteiger partial charge in [-0.15, -0.1) is 0 Å². The first-order valence-electron chi connectivity index (χ1n) is 4.40. The molecule has 3 rings (SSSR count). The summed E-state index contributed by atoms with van der Waals surface area (Å²) in [5.41, 5.74) is 1.75. The van der Waals surface area contributed by atoms with Gasteiger partial charge in [0.1, 0.15) is 0 Å². The van der Waals surface area contributed by atoms with Gasteiger partial charge < -0.3 is 5.11 Å². The molecule has 3 aliphatic rings. The van der Waals surface area contributed by atoms with Crippen molar-refractivity contribution in [3.8, 4) is 0 Å². The summed E-state index contributed by atoms with van der Waals surface area (Å²) in [6.45, 7) is 6.68. The molecule has 11 heavy (non-hydrogen) atoms. The summed E-state index contributed by atoms with van der Waals surface area (Å²) >= 11 is 0. The molecule has 3 atom stereocenters. The topological polar surface area (TPSA) is 20.2 Å². The van der Waals surface area contributed by atoms with Crippen molar-refractivity contribution in [3.05, 3.63) is 11.6 Å². The summed E-state index contributed by atoms with van der Waals surface area (Å²) in [5.74, 6) is 1.27. The van der Waals surface area contributed by atoms with Crippen LogP contribution in [0.25, 0.3) is 0 Å². The summed E-state index contributed by atoms with van der Waals surface area (Å²) in [7, 11) is 0. The minimum atomic E-state index is -0.171. The Hall–Kier alpha value is -0.300. The van der Waals surface area contributed by atoms with Crippen LogP contribution in [0.15, 0.2) is 11.6 Å². The second-order valence-electron chi connectivity index (χ2n) is 4.62. The molecule has 1 heteroatoms. The highest BCUT2D eigenvalue weighted by molar-refractivity contribution is 5.24. The lowest BCUT2D eigenvalue weighted by atomic mass is 9.48. The Bertz CT molecular complexity index is 215. The third kappa shape index (κ3) is 0.750. The Kier molecular flexibility index (Phi) is 1.26. The number of allylic oxidation sites excluding steroid dienone is 1. The molecule has 1 nitrogen and oxygen atoms in total. The van der Waals surface area contributed by atoms with Gasteiger partial charge in [-0.2, -0.15) is 0 Å². The molecule has 62 valence electrons. The van der Waals surface area contributed by atoms with E-state index in [-0.39, 0.29) is 6.10 Å². The van der Waals surface area contributed by atoms with Gasteiger partial charge in [-0.1, -0.05) is 25.5 Å². The summed E-state index contributed by atoms with van der Waals surface area (Å²) in [6.07, 6.45) is 3.07. The first kappa shape index (κ1) is 7.35. The predicted molar refractivity (Wildman–Crippen MR) is 45.1 cm³/mol. The third-order valence-electron chi connectivity index (χ3n) is 3.74. The van der Waals surface area contributed by atoms with Crippen molar-refractivity contribution in [2.75, 3.05) is 0 Å². The van der Waals surface area contributed by atoms with Crippen molar-refractivity contribution in [3.63, 3.8) is 0 Å². The minimum absolute atomic E-state index is 0.171. The maximum Gasteiger partial charge on any atom is 0.0757 e. The molecule has 0 aliphatic heterocycles. The summed E-state index contributed by atoms with van der Waals surface area (Å²) in [4.78, 5) is 0. The Morgan fingerprint density at radius 2 is 2.18 bits per heavy atom. The van der Waals surface area contributed by atoms with Gasteiger partial charge in [0.15, 0.2) is 0 Å². The summed E-state index contributed by atoms with van der Waals surface area (Å²) < 4.78 is 0. The molecule has 0 spiro atoms. The first-order valence-corrected chi connectivity index (χ1v) is 4.40. The van der Waals surface area contributed by atoms with Crippen LogP contribution in [0.3, 0.4) is 0 Å². The normalized spacial score (nSPS) is 46.2. The summed E-state index contributed by atoms with van der Waals surface area (Å²) in [5, 5.41) is 9.65. The van der Waals surface area contributed by atoms with E-state index in [1.54, 1.807) is 0 Å². The SMILES string of the molecule is CC1=C[C@@H](O)[C@@H]2C[C@H]1C2(C)C. The van der Waals surface area contributed by atoms with Gasteiger partial charge in [0.2, 0.25) is 0 Å². The van der Waals surface area contributed by atoms with E-state index in [1.807, 2.05) is 6.08 Å². The standard InChI is InChI=1S/C10H16O/c1-6-4-9(11)8-5-7(6)10(8,2)3/h4,7-9,11H,5H2,1-3H3/t7-,8+,9-/m1/s1. The second kappa shape index (κ2) is 1.89. The van der Waals surface area contributed by atoms with Crippen molar-refractivity contribution in [1.82, 2.24) is 0 Å². The Morgan fingerprint density at radius 1 is 1.55 bits per heavy atom. The zero-order chi connectivity index (χ0) is 8.22. The fraction of sp³-hybridized carbons (Fsp3) is 0.800. The smallest absolute Gasteiger partial charge is 0.0757 e. The van der Waals surface area contributed by atoms with Gasteiger partial charge in [0.25, 0.3) is 0 Å². The van der Waals surface area contributed by atoms with E-state index in [4.69, 9.17) is 0 Å². The van der Waals surface area contributed by atoms with E-state index in [9.17, 15) is 5.11 Å². The lowest BCUT2D eigenvalue weighted by molar-refractivity contribution is -0.0760. The molecule has 0 saturated heterocycles. The molecule has 0 amide bonds. The minimum Gasteiger partial charge on any atom is -0.389 e. The number of fused-ring (bicyclic) bond motifs is 1. The monoisotopic (exact) mass is 152 g/mol. The van der Waals surface area contributed by atoms with Crippen LogP contribution in [0, 0.1) is 17.3 Å². The Balaban J connectivity index is 2.34. The number of aliphatic hydroxyl groups is 1. The van der Waals surface area contributed by atoms with E-state index in [2.05, 4.69) is 20.8 Å². The first-order chi connectivity index (χ1) is 5.03. The molecule has 0 aromatic rings. The van der Waals surface area contributed by atoms with Gasteiger partial charge >= 0.3 is 0 Å². The molecule has 1 N–H and O–H groups in total. The van der Waals surface area contributed by atoms with Crippen molar-refractivity contribution >= 4 is 0 Å². The average molecular weight is 152 g/mol. The molecular formula is C10H16O. The van der Waals surface area contributed by atoms with Crippen LogP contribution in [0.4, 0.5) is 0 Å². The van der Waals surface area contributed by atoms with Crippen LogP contribution in [-0.2, 0) is 0 Å². The quantitative estimate of drug-likeness (QED) is 0.526. The lowest BCUT2D eigenvalue weighted by Crippen LogP contribution is -2.53. The average Bonchev–Trinajstić information content (AvgIpc) is 1.84. The molecule has 1 fully saturated rings. The molecule has 2 bridgehead atoms. The van der Waals surface area contributed by atoms with Gasteiger partial charge in [0, 0.05) is 0 Å². The van der Waals surface area contributed by atoms with E-state index < -0.39 is 0 Å². The van der Waals surface area contributed by atoms with Crippen LogP contribution < -0.4 is 0 Å². The highest BCUT2D eigenvalue weighted by Gasteiger charge is 2.53. The van der Waals surface area contributed by atoms with Gasteiger partial charge in [-0.3, -0.25) is 0 Å². The molecule has 0 aromatic heterocycles. The van der Waals surface area contributed by atoms with Crippen LogP contribution >= 0.6 is 0 Å². The second-order valence-corrected chi connectivity index (χ2v) is 4.62. The lowest BCUT2D eigenvalue weighted by Gasteiger charge is -2.57. The number of rotatable bonds is 0. The highest BCUT2D eigenvalue weighted by Crippen LogP contribution is 2.58. The third-order valence-corrected chi connectivity index (χ3v) is 3.74. The molecule has 0 heterocycles. The van der Waals surface area contributed by atoms with E-state index >= 15 is 0 Å². The van der Waals surface area contributed by atoms with Crippen molar-refractivity contribution in [1.29, 1.82) is 0 Å². The molecular weight excluding hydrogens is 136 g/mol. The molecule has 1 saturated carbocycles. The Morgan fingerprint density at radius 3 is 2.55 bits per heavy atom. The Labute approximate surface area is 68.1 Å². The molecule has 3 aliphatic carbocycles. The largest absolute Gasteiger partial charge is 0.389 e. The van der Waals surface area contributed by atoms with Gasteiger partial charge in [0.05, 0.1) is 6.10 Å². The van der Waals surface area contributed by atoms with E-state index in [0.717, 1.165) is 5.92 Å². The molecule has 0 aromatic carbocycles. The fourth-order valence-electron chi connectivity index (χ4n) is 2.81.